The van der Waals surface area contributed by atoms with E-state index in [9.17, 15) is 23.1 Å². The zero-order valence-electron chi connectivity index (χ0n) is 14.8. The van der Waals surface area contributed by atoms with E-state index in [1.165, 1.54) is 11.0 Å². The molecule has 3 rings (SSSR count). The summed E-state index contributed by atoms with van der Waals surface area (Å²) in [5, 5.41) is 9.27. The molecule has 2 aliphatic rings. The number of carbonyl (C=O) groups excluding carboxylic acids is 1. The van der Waals surface area contributed by atoms with Crippen molar-refractivity contribution in [3.63, 3.8) is 0 Å². The van der Waals surface area contributed by atoms with E-state index in [0.717, 1.165) is 25.7 Å². The molecule has 1 atom stereocenters. The lowest BCUT2D eigenvalue weighted by atomic mass is 10.1. The van der Waals surface area contributed by atoms with E-state index in [0.29, 0.717) is 24.9 Å². The lowest BCUT2D eigenvalue weighted by molar-refractivity contribution is -0.141. The largest absolute Gasteiger partial charge is 0.480 e. The number of nitrogens with one attached hydrogen (secondary N) is 1. The fourth-order valence-electron chi connectivity index (χ4n) is 3.78. The molecule has 1 saturated heterocycles. The standard InChI is InChI=1S/C18H24N2O5S/c1-12-8-9-13(17(21)20-10-4-7-15(20)18(22)23)11-16(12)26(24,25)19-14-5-2-3-6-14/h8-9,11,14-15,19H,2-7,10H2,1H3,(H,22,23)/t15-/m0/s1. The summed E-state index contributed by atoms with van der Waals surface area (Å²) < 4.78 is 28.2. The highest BCUT2D eigenvalue weighted by Crippen LogP contribution is 2.25. The van der Waals surface area contributed by atoms with Gasteiger partial charge in [0.05, 0.1) is 4.90 Å². The van der Waals surface area contributed by atoms with Gasteiger partial charge in [-0.25, -0.2) is 17.9 Å². The van der Waals surface area contributed by atoms with Gasteiger partial charge in [-0.05, 0) is 50.3 Å². The first kappa shape index (κ1) is 18.8. The number of nitrogens with zero attached hydrogens (tertiary/aromatic N) is 1. The minimum absolute atomic E-state index is 0.0614. The van der Waals surface area contributed by atoms with E-state index >= 15 is 0 Å². The molecular weight excluding hydrogens is 356 g/mol. The summed E-state index contributed by atoms with van der Waals surface area (Å²) in [6, 6.07) is 3.62. The van der Waals surface area contributed by atoms with Gasteiger partial charge in [0.25, 0.3) is 5.91 Å². The van der Waals surface area contributed by atoms with Crippen LogP contribution in [0.15, 0.2) is 23.1 Å². The molecule has 0 aromatic heterocycles. The van der Waals surface area contributed by atoms with E-state index in [1.54, 1.807) is 19.1 Å². The Balaban J connectivity index is 1.87. The second-order valence-corrected chi connectivity index (χ2v) is 8.76. The number of carboxylic acid groups (broad SMARTS) is 1. The summed E-state index contributed by atoms with van der Waals surface area (Å²) in [5.74, 6) is -1.47. The van der Waals surface area contributed by atoms with Crippen molar-refractivity contribution in [3.8, 4) is 0 Å². The van der Waals surface area contributed by atoms with Crippen molar-refractivity contribution in [3.05, 3.63) is 29.3 Å². The van der Waals surface area contributed by atoms with Crippen LogP contribution in [0.1, 0.15) is 54.4 Å². The van der Waals surface area contributed by atoms with Gasteiger partial charge in [-0.3, -0.25) is 4.79 Å². The van der Waals surface area contributed by atoms with Crippen molar-refractivity contribution >= 4 is 21.9 Å². The van der Waals surface area contributed by atoms with Crippen LogP contribution in [-0.4, -0.2) is 48.9 Å². The lowest BCUT2D eigenvalue weighted by Crippen LogP contribution is -2.40. The number of carboxylic acids is 1. The Kier molecular flexibility index (Phi) is 5.34. The zero-order chi connectivity index (χ0) is 18.9. The molecule has 1 amide bonds. The maximum atomic E-state index is 12.7. The summed E-state index contributed by atoms with van der Waals surface area (Å²) in [6.45, 7) is 2.06. The van der Waals surface area contributed by atoms with Crippen LogP contribution in [0, 0.1) is 6.92 Å². The fourth-order valence-corrected chi connectivity index (χ4v) is 5.36. The fraction of sp³-hybridized carbons (Fsp3) is 0.556. The highest BCUT2D eigenvalue weighted by atomic mass is 32.2. The predicted octanol–water partition coefficient (Wildman–Crippen LogP) is 1.91. The van der Waals surface area contributed by atoms with Crippen molar-refractivity contribution in [1.29, 1.82) is 0 Å². The second-order valence-electron chi connectivity index (χ2n) is 7.08. The Morgan fingerprint density at radius 3 is 2.50 bits per heavy atom. The van der Waals surface area contributed by atoms with Gasteiger partial charge in [0.2, 0.25) is 10.0 Å². The van der Waals surface area contributed by atoms with Gasteiger partial charge in [-0.1, -0.05) is 18.9 Å². The number of hydrogen-bond donors (Lipinski definition) is 2. The van der Waals surface area contributed by atoms with Crippen LogP contribution in [0.25, 0.3) is 0 Å². The third-order valence-electron chi connectivity index (χ3n) is 5.20. The molecule has 1 aliphatic heterocycles. The van der Waals surface area contributed by atoms with Crippen LogP contribution in [0.5, 0.6) is 0 Å². The Bertz CT molecular complexity index is 815. The number of likely N-dealkylation sites (tertiary alicyclic amines) is 1. The first-order chi connectivity index (χ1) is 12.3. The molecule has 142 valence electrons. The van der Waals surface area contributed by atoms with Crippen molar-refractivity contribution in [2.24, 2.45) is 0 Å². The third-order valence-corrected chi connectivity index (χ3v) is 6.86. The summed E-state index contributed by atoms with van der Waals surface area (Å²) in [6.07, 6.45) is 4.71. The average molecular weight is 380 g/mol. The zero-order valence-corrected chi connectivity index (χ0v) is 15.6. The summed E-state index contributed by atoms with van der Waals surface area (Å²) >= 11 is 0. The SMILES string of the molecule is Cc1ccc(C(=O)N2CCC[C@H]2C(=O)O)cc1S(=O)(=O)NC1CCCC1. The van der Waals surface area contributed by atoms with Crippen LogP contribution in [-0.2, 0) is 14.8 Å². The van der Waals surface area contributed by atoms with Crippen molar-refractivity contribution in [2.45, 2.75) is 62.4 Å². The number of sulfonamides is 1. The van der Waals surface area contributed by atoms with Crippen LogP contribution >= 0.6 is 0 Å². The first-order valence-electron chi connectivity index (χ1n) is 8.96. The highest BCUT2D eigenvalue weighted by Gasteiger charge is 2.35. The monoisotopic (exact) mass is 380 g/mol. The Morgan fingerprint density at radius 2 is 1.85 bits per heavy atom. The van der Waals surface area contributed by atoms with Crippen LogP contribution < -0.4 is 4.72 Å². The Labute approximate surface area is 153 Å². The number of hydrogen-bond acceptors (Lipinski definition) is 4. The molecule has 26 heavy (non-hydrogen) atoms. The van der Waals surface area contributed by atoms with Crippen molar-refractivity contribution in [2.75, 3.05) is 6.54 Å². The van der Waals surface area contributed by atoms with E-state index in [2.05, 4.69) is 4.72 Å². The van der Waals surface area contributed by atoms with Crippen LogP contribution in [0.3, 0.4) is 0 Å². The van der Waals surface area contributed by atoms with E-state index < -0.39 is 27.9 Å². The summed E-state index contributed by atoms with van der Waals surface area (Å²) in [7, 11) is -3.72. The van der Waals surface area contributed by atoms with Gasteiger partial charge in [-0.15, -0.1) is 0 Å². The molecule has 0 radical (unpaired) electrons. The van der Waals surface area contributed by atoms with E-state index in [4.69, 9.17) is 0 Å². The molecule has 2 fully saturated rings. The minimum atomic E-state index is -3.72. The first-order valence-corrected chi connectivity index (χ1v) is 10.4. The van der Waals surface area contributed by atoms with E-state index in [1.807, 2.05) is 0 Å². The number of amides is 1. The molecule has 1 saturated carbocycles. The molecule has 0 spiro atoms. The van der Waals surface area contributed by atoms with Crippen LogP contribution in [0.2, 0.25) is 0 Å². The molecule has 8 heteroatoms. The number of aliphatic carboxylic acids is 1. The number of aryl methyl sites for hydroxylation is 1. The Hall–Kier alpha value is -1.93. The molecule has 0 bridgehead atoms. The Morgan fingerprint density at radius 1 is 1.15 bits per heavy atom. The normalized spacial score (nSPS) is 21.3. The van der Waals surface area contributed by atoms with Gasteiger partial charge in [0.1, 0.15) is 6.04 Å². The summed E-state index contributed by atoms with van der Waals surface area (Å²) in [4.78, 5) is 25.5. The van der Waals surface area contributed by atoms with Gasteiger partial charge >= 0.3 is 5.97 Å². The molecule has 2 N–H and O–H groups in total. The number of rotatable bonds is 5. The molecular formula is C18H24N2O5S. The third kappa shape index (κ3) is 3.76. The number of carbonyl (C=O) groups is 2. The molecule has 1 aliphatic carbocycles. The van der Waals surface area contributed by atoms with E-state index in [-0.39, 0.29) is 16.5 Å². The van der Waals surface area contributed by atoms with Crippen molar-refractivity contribution < 1.29 is 23.1 Å². The molecule has 1 aromatic rings. The molecule has 0 unspecified atom stereocenters. The average Bonchev–Trinajstić information content (AvgIpc) is 3.25. The topological polar surface area (TPSA) is 104 Å². The van der Waals surface area contributed by atoms with Gasteiger partial charge in [-0.2, -0.15) is 0 Å². The maximum absolute atomic E-state index is 12.7. The van der Waals surface area contributed by atoms with Crippen LogP contribution in [0.4, 0.5) is 0 Å². The van der Waals surface area contributed by atoms with Gasteiger partial charge < -0.3 is 10.0 Å². The minimum Gasteiger partial charge on any atom is -0.480 e. The maximum Gasteiger partial charge on any atom is 0.326 e. The second kappa shape index (κ2) is 7.36. The lowest BCUT2D eigenvalue weighted by Gasteiger charge is -2.22. The molecule has 1 heterocycles. The van der Waals surface area contributed by atoms with Gasteiger partial charge in [0.15, 0.2) is 0 Å². The van der Waals surface area contributed by atoms with Gasteiger partial charge in [0, 0.05) is 18.2 Å². The summed E-state index contributed by atoms with van der Waals surface area (Å²) in [5.41, 5.74) is 0.763. The number of benzene rings is 1. The smallest absolute Gasteiger partial charge is 0.326 e. The molecule has 1 aromatic carbocycles. The molecule has 7 nitrogen and oxygen atoms in total. The highest BCUT2D eigenvalue weighted by molar-refractivity contribution is 7.89. The predicted molar refractivity (Wildman–Crippen MR) is 95.5 cm³/mol. The quantitative estimate of drug-likeness (QED) is 0.812. The van der Waals surface area contributed by atoms with Crippen molar-refractivity contribution in [1.82, 2.24) is 9.62 Å².